The summed E-state index contributed by atoms with van der Waals surface area (Å²) in [7, 11) is 0. The molecule has 7 heteroatoms. The Morgan fingerprint density at radius 1 is 1.10 bits per heavy atom. The molecule has 21 heavy (non-hydrogen) atoms. The van der Waals surface area contributed by atoms with E-state index in [1.807, 2.05) is 0 Å². The lowest BCUT2D eigenvalue weighted by Crippen LogP contribution is -1.89. The Hall–Kier alpha value is -2.47. The summed E-state index contributed by atoms with van der Waals surface area (Å²) in [5, 5.41) is 7.05. The van der Waals surface area contributed by atoms with E-state index in [9.17, 15) is 8.78 Å². The number of halogens is 3. The van der Waals surface area contributed by atoms with Gasteiger partial charge in [0, 0.05) is 11.6 Å². The molecule has 0 radical (unpaired) electrons. The van der Waals surface area contributed by atoms with Gasteiger partial charge in [-0.25, -0.2) is 13.8 Å². The van der Waals surface area contributed by atoms with Crippen LogP contribution < -0.4 is 5.73 Å². The lowest BCUT2D eigenvalue weighted by Gasteiger charge is -2.00. The standard InChI is InChI=1S/C14H9ClF2N4/c15-10-4-1-7(5-12(10)18)13-19-14(21-20-13)9-3-2-8(16)6-11(9)17/h1-6H,18H2,(H,19,20,21). The molecule has 0 fully saturated rings. The van der Waals surface area contributed by atoms with Crippen molar-refractivity contribution >= 4 is 17.3 Å². The van der Waals surface area contributed by atoms with Gasteiger partial charge in [0.05, 0.1) is 16.3 Å². The summed E-state index contributed by atoms with van der Waals surface area (Å²) in [5.41, 5.74) is 6.89. The molecule has 0 aliphatic carbocycles. The van der Waals surface area contributed by atoms with Gasteiger partial charge in [0.15, 0.2) is 11.6 Å². The molecule has 0 saturated heterocycles. The number of rotatable bonds is 2. The summed E-state index contributed by atoms with van der Waals surface area (Å²) >= 11 is 5.85. The second kappa shape index (κ2) is 5.14. The number of benzene rings is 2. The molecular weight excluding hydrogens is 298 g/mol. The Balaban J connectivity index is 2.01. The highest BCUT2D eigenvalue weighted by Gasteiger charge is 2.13. The Kier molecular flexibility index (Phi) is 3.31. The second-order valence-corrected chi connectivity index (χ2v) is 4.78. The van der Waals surface area contributed by atoms with Crippen LogP contribution in [0.2, 0.25) is 5.02 Å². The fraction of sp³-hybridized carbons (Fsp3) is 0. The number of H-pyrrole nitrogens is 1. The molecule has 0 aliphatic rings. The number of nitrogen functional groups attached to an aromatic ring is 1. The van der Waals surface area contributed by atoms with E-state index in [0.717, 1.165) is 12.1 Å². The van der Waals surface area contributed by atoms with Gasteiger partial charge in [-0.2, -0.15) is 5.10 Å². The zero-order valence-corrected chi connectivity index (χ0v) is 11.3. The zero-order valence-electron chi connectivity index (χ0n) is 10.6. The summed E-state index contributed by atoms with van der Waals surface area (Å²) in [5.74, 6) is -0.817. The predicted octanol–water partition coefficient (Wildman–Crippen LogP) is 3.65. The molecule has 0 unspecified atom stereocenters. The van der Waals surface area contributed by atoms with Crippen LogP contribution in [0.5, 0.6) is 0 Å². The monoisotopic (exact) mass is 306 g/mol. The van der Waals surface area contributed by atoms with Gasteiger partial charge < -0.3 is 5.73 Å². The van der Waals surface area contributed by atoms with Gasteiger partial charge >= 0.3 is 0 Å². The van der Waals surface area contributed by atoms with Crippen LogP contribution in [0.25, 0.3) is 22.8 Å². The lowest BCUT2D eigenvalue weighted by molar-refractivity contribution is 0.585. The Bertz CT molecular complexity index is 816. The van der Waals surface area contributed by atoms with Crippen LogP contribution in [-0.2, 0) is 0 Å². The molecule has 0 bridgehead atoms. The van der Waals surface area contributed by atoms with Crippen LogP contribution in [-0.4, -0.2) is 15.2 Å². The van der Waals surface area contributed by atoms with Gasteiger partial charge in [0.25, 0.3) is 0 Å². The summed E-state index contributed by atoms with van der Waals surface area (Å²) in [4.78, 5) is 4.18. The smallest absolute Gasteiger partial charge is 0.181 e. The quantitative estimate of drug-likeness (QED) is 0.710. The largest absolute Gasteiger partial charge is 0.398 e. The second-order valence-electron chi connectivity index (χ2n) is 4.37. The molecule has 4 nitrogen and oxygen atoms in total. The molecule has 0 spiro atoms. The maximum absolute atomic E-state index is 13.7. The summed E-state index contributed by atoms with van der Waals surface area (Å²) in [6.07, 6.45) is 0. The van der Waals surface area contributed by atoms with Crippen molar-refractivity contribution in [3.8, 4) is 22.8 Å². The molecule has 0 atom stereocenters. The average molecular weight is 307 g/mol. The first-order valence-corrected chi connectivity index (χ1v) is 6.35. The Morgan fingerprint density at radius 2 is 1.90 bits per heavy atom. The summed E-state index contributed by atoms with van der Waals surface area (Å²) < 4.78 is 26.6. The van der Waals surface area contributed by atoms with Crippen molar-refractivity contribution in [2.75, 3.05) is 5.73 Å². The van der Waals surface area contributed by atoms with Crippen molar-refractivity contribution in [2.24, 2.45) is 0 Å². The van der Waals surface area contributed by atoms with E-state index in [4.69, 9.17) is 17.3 Å². The van der Waals surface area contributed by atoms with Crippen molar-refractivity contribution in [1.82, 2.24) is 15.2 Å². The minimum atomic E-state index is -0.715. The van der Waals surface area contributed by atoms with Crippen LogP contribution in [0.1, 0.15) is 0 Å². The number of nitrogens with two attached hydrogens (primary N) is 1. The van der Waals surface area contributed by atoms with E-state index in [1.165, 1.54) is 6.07 Å². The van der Waals surface area contributed by atoms with E-state index >= 15 is 0 Å². The van der Waals surface area contributed by atoms with E-state index in [2.05, 4.69) is 15.2 Å². The lowest BCUT2D eigenvalue weighted by atomic mass is 10.2. The highest BCUT2D eigenvalue weighted by molar-refractivity contribution is 6.33. The molecule has 0 saturated carbocycles. The number of nitrogens with one attached hydrogen (secondary N) is 1. The molecule has 3 rings (SSSR count). The van der Waals surface area contributed by atoms with Crippen molar-refractivity contribution in [3.05, 3.63) is 53.1 Å². The molecule has 1 aromatic heterocycles. The Morgan fingerprint density at radius 3 is 2.62 bits per heavy atom. The highest BCUT2D eigenvalue weighted by atomic mass is 35.5. The van der Waals surface area contributed by atoms with E-state index < -0.39 is 11.6 Å². The first-order valence-electron chi connectivity index (χ1n) is 5.98. The van der Waals surface area contributed by atoms with Gasteiger partial charge in [-0.05, 0) is 30.3 Å². The van der Waals surface area contributed by atoms with Crippen molar-refractivity contribution in [3.63, 3.8) is 0 Å². The van der Waals surface area contributed by atoms with Gasteiger partial charge in [-0.3, -0.25) is 5.10 Å². The SMILES string of the molecule is Nc1cc(-c2n[nH]c(-c3ccc(F)cc3F)n2)ccc1Cl. The molecule has 0 aliphatic heterocycles. The fourth-order valence-corrected chi connectivity index (χ4v) is 1.99. The number of hydrogen-bond acceptors (Lipinski definition) is 3. The molecule has 106 valence electrons. The molecular formula is C14H9ClF2N4. The molecule has 1 heterocycles. The van der Waals surface area contributed by atoms with Crippen LogP contribution in [0.15, 0.2) is 36.4 Å². The zero-order chi connectivity index (χ0) is 15.0. The van der Waals surface area contributed by atoms with Crippen molar-refractivity contribution < 1.29 is 8.78 Å². The van der Waals surface area contributed by atoms with Gasteiger partial charge in [-0.1, -0.05) is 11.6 Å². The number of hydrogen-bond donors (Lipinski definition) is 2. The fourth-order valence-electron chi connectivity index (χ4n) is 1.88. The molecule has 0 amide bonds. The average Bonchev–Trinajstić information content (AvgIpc) is 2.91. The molecule has 3 aromatic rings. The topological polar surface area (TPSA) is 67.6 Å². The van der Waals surface area contributed by atoms with Gasteiger partial charge in [-0.15, -0.1) is 0 Å². The normalized spacial score (nSPS) is 10.8. The molecule has 2 aromatic carbocycles. The number of anilines is 1. The third-order valence-electron chi connectivity index (χ3n) is 2.93. The van der Waals surface area contributed by atoms with Crippen molar-refractivity contribution in [1.29, 1.82) is 0 Å². The van der Waals surface area contributed by atoms with E-state index in [1.54, 1.807) is 18.2 Å². The first-order chi connectivity index (χ1) is 10.0. The van der Waals surface area contributed by atoms with E-state index in [-0.39, 0.29) is 11.4 Å². The van der Waals surface area contributed by atoms with Crippen LogP contribution in [0.4, 0.5) is 14.5 Å². The van der Waals surface area contributed by atoms with Crippen LogP contribution in [0.3, 0.4) is 0 Å². The maximum atomic E-state index is 13.7. The molecule has 3 N–H and O–H groups in total. The minimum absolute atomic E-state index is 0.136. The van der Waals surface area contributed by atoms with Gasteiger partial charge in [0.1, 0.15) is 11.6 Å². The summed E-state index contributed by atoms with van der Waals surface area (Å²) in [6, 6.07) is 8.19. The third kappa shape index (κ3) is 2.57. The maximum Gasteiger partial charge on any atom is 0.181 e. The highest BCUT2D eigenvalue weighted by Crippen LogP contribution is 2.26. The van der Waals surface area contributed by atoms with E-state index in [0.29, 0.717) is 22.1 Å². The van der Waals surface area contributed by atoms with Gasteiger partial charge in [0.2, 0.25) is 0 Å². The number of aromatic amines is 1. The van der Waals surface area contributed by atoms with Crippen LogP contribution >= 0.6 is 11.6 Å². The number of aromatic nitrogens is 3. The Labute approximate surface area is 123 Å². The first kappa shape index (κ1) is 13.5. The predicted molar refractivity (Wildman–Crippen MR) is 76.6 cm³/mol. The van der Waals surface area contributed by atoms with Crippen molar-refractivity contribution in [2.45, 2.75) is 0 Å². The summed E-state index contributed by atoms with van der Waals surface area (Å²) in [6.45, 7) is 0. The van der Waals surface area contributed by atoms with Crippen LogP contribution in [0, 0.1) is 11.6 Å². The number of nitrogens with zero attached hydrogens (tertiary/aromatic N) is 2. The third-order valence-corrected chi connectivity index (χ3v) is 3.27. The minimum Gasteiger partial charge on any atom is -0.398 e.